The molecular formula is C18H13N3O2. The van der Waals surface area contributed by atoms with E-state index in [2.05, 4.69) is 10.1 Å². The minimum absolute atomic E-state index is 0.406. The lowest BCUT2D eigenvalue weighted by Gasteiger charge is -2.06. The summed E-state index contributed by atoms with van der Waals surface area (Å²) in [5, 5.41) is 4.83. The molecule has 0 saturated heterocycles. The zero-order valence-electron chi connectivity index (χ0n) is 12.1. The first-order valence-electron chi connectivity index (χ1n) is 7.14. The average molecular weight is 303 g/mol. The van der Waals surface area contributed by atoms with E-state index in [4.69, 9.17) is 15.0 Å². The zero-order valence-corrected chi connectivity index (χ0v) is 12.1. The number of pyridine rings is 1. The van der Waals surface area contributed by atoms with Crippen molar-refractivity contribution in [1.82, 2.24) is 10.1 Å². The Balaban J connectivity index is 1.67. The summed E-state index contributed by atoms with van der Waals surface area (Å²) in [6.07, 6.45) is 1.60. The highest BCUT2D eigenvalue weighted by Gasteiger charge is 2.13. The number of rotatable bonds is 3. The Bertz CT molecular complexity index is 947. The summed E-state index contributed by atoms with van der Waals surface area (Å²) < 4.78 is 11.1. The molecule has 2 aromatic heterocycles. The molecule has 2 aromatic carbocycles. The van der Waals surface area contributed by atoms with E-state index in [0.29, 0.717) is 17.1 Å². The maximum absolute atomic E-state index is 5.94. The molecule has 5 heteroatoms. The van der Waals surface area contributed by atoms with Gasteiger partial charge >= 0.3 is 0 Å². The molecule has 2 N–H and O–H groups in total. The number of anilines is 1. The third kappa shape index (κ3) is 2.48. The third-order valence-electron chi connectivity index (χ3n) is 3.52. The van der Waals surface area contributed by atoms with E-state index >= 15 is 0 Å². The number of aromatic nitrogens is 2. The molecule has 0 radical (unpaired) electrons. The summed E-state index contributed by atoms with van der Waals surface area (Å²) in [7, 11) is 0. The number of nitrogens with two attached hydrogens (primary N) is 1. The normalized spacial score (nSPS) is 10.8. The van der Waals surface area contributed by atoms with Gasteiger partial charge in [0.25, 0.3) is 0 Å². The van der Waals surface area contributed by atoms with E-state index in [0.717, 1.165) is 22.4 Å². The summed E-state index contributed by atoms with van der Waals surface area (Å²) in [5.41, 5.74) is 8.13. The second kappa shape index (κ2) is 5.46. The SMILES string of the molecule is Nc1nccc2onc(-c3ccc(Oc4ccccc4)cc3)c12. The van der Waals surface area contributed by atoms with Crippen molar-refractivity contribution in [2.24, 2.45) is 0 Å². The van der Waals surface area contributed by atoms with Crippen LogP contribution >= 0.6 is 0 Å². The second-order valence-electron chi connectivity index (χ2n) is 5.04. The van der Waals surface area contributed by atoms with Crippen molar-refractivity contribution in [3.63, 3.8) is 0 Å². The van der Waals surface area contributed by atoms with Gasteiger partial charge in [-0.3, -0.25) is 0 Å². The number of nitrogen functional groups attached to an aromatic ring is 1. The molecule has 4 aromatic rings. The second-order valence-corrected chi connectivity index (χ2v) is 5.04. The largest absolute Gasteiger partial charge is 0.457 e. The fourth-order valence-electron chi connectivity index (χ4n) is 2.42. The number of ether oxygens (including phenoxy) is 1. The molecule has 0 unspecified atom stereocenters. The highest BCUT2D eigenvalue weighted by atomic mass is 16.5. The number of hydrogen-bond acceptors (Lipinski definition) is 5. The lowest BCUT2D eigenvalue weighted by Crippen LogP contribution is -1.90. The first-order valence-corrected chi connectivity index (χ1v) is 7.14. The fourth-order valence-corrected chi connectivity index (χ4v) is 2.42. The molecule has 0 saturated carbocycles. The minimum Gasteiger partial charge on any atom is -0.457 e. The van der Waals surface area contributed by atoms with Gasteiger partial charge in [0.15, 0.2) is 5.58 Å². The number of hydrogen-bond donors (Lipinski definition) is 1. The summed E-state index contributed by atoms with van der Waals surface area (Å²) in [6.45, 7) is 0. The molecule has 2 heterocycles. The molecule has 0 aliphatic heterocycles. The molecule has 0 fully saturated rings. The molecule has 112 valence electrons. The van der Waals surface area contributed by atoms with Gasteiger partial charge in [0.05, 0.1) is 5.39 Å². The smallest absolute Gasteiger partial charge is 0.172 e. The van der Waals surface area contributed by atoms with Gasteiger partial charge in [-0.1, -0.05) is 23.4 Å². The third-order valence-corrected chi connectivity index (χ3v) is 3.52. The number of nitrogens with zero attached hydrogens (tertiary/aromatic N) is 2. The number of fused-ring (bicyclic) bond motifs is 1. The van der Waals surface area contributed by atoms with Crippen molar-refractivity contribution in [3.8, 4) is 22.8 Å². The highest BCUT2D eigenvalue weighted by Crippen LogP contribution is 2.32. The van der Waals surface area contributed by atoms with Gasteiger partial charge in [-0.25, -0.2) is 4.98 Å². The van der Waals surface area contributed by atoms with E-state index in [9.17, 15) is 0 Å². The van der Waals surface area contributed by atoms with Gasteiger partial charge in [0.1, 0.15) is 23.0 Å². The van der Waals surface area contributed by atoms with Crippen molar-refractivity contribution in [2.45, 2.75) is 0 Å². The maximum Gasteiger partial charge on any atom is 0.172 e. The van der Waals surface area contributed by atoms with Crippen LogP contribution < -0.4 is 10.5 Å². The van der Waals surface area contributed by atoms with Crippen LogP contribution in [0.1, 0.15) is 0 Å². The molecular weight excluding hydrogens is 290 g/mol. The molecule has 4 rings (SSSR count). The van der Waals surface area contributed by atoms with Gasteiger partial charge in [0.2, 0.25) is 0 Å². The lowest BCUT2D eigenvalue weighted by atomic mass is 10.1. The first kappa shape index (κ1) is 13.3. The van der Waals surface area contributed by atoms with Crippen LogP contribution in [0.3, 0.4) is 0 Å². The van der Waals surface area contributed by atoms with Crippen LogP contribution in [0.2, 0.25) is 0 Å². The Morgan fingerprint density at radius 1 is 0.870 bits per heavy atom. The molecule has 5 nitrogen and oxygen atoms in total. The Morgan fingerprint density at radius 3 is 2.39 bits per heavy atom. The van der Waals surface area contributed by atoms with E-state index in [1.54, 1.807) is 12.3 Å². The van der Waals surface area contributed by atoms with Gasteiger partial charge in [-0.05, 0) is 36.4 Å². The molecule has 0 atom stereocenters. The van der Waals surface area contributed by atoms with Crippen molar-refractivity contribution < 1.29 is 9.26 Å². The Kier molecular flexibility index (Phi) is 3.16. The number of benzene rings is 2. The van der Waals surface area contributed by atoms with Gasteiger partial charge in [0, 0.05) is 17.8 Å². The van der Waals surface area contributed by atoms with E-state index in [-0.39, 0.29) is 0 Å². The summed E-state index contributed by atoms with van der Waals surface area (Å²) >= 11 is 0. The van der Waals surface area contributed by atoms with Crippen molar-refractivity contribution in [2.75, 3.05) is 5.73 Å². The summed E-state index contributed by atoms with van der Waals surface area (Å²) in [6, 6.07) is 19.0. The molecule has 23 heavy (non-hydrogen) atoms. The van der Waals surface area contributed by atoms with Gasteiger partial charge < -0.3 is 15.0 Å². The Labute approximate surface area is 132 Å². The highest BCUT2D eigenvalue weighted by molar-refractivity contribution is 5.98. The number of para-hydroxylation sites is 1. The Morgan fingerprint density at radius 2 is 1.61 bits per heavy atom. The predicted molar refractivity (Wildman–Crippen MR) is 88.2 cm³/mol. The van der Waals surface area contributed by atoms with Crippen LogP contribution in [0.4, 0.5) is 5.82 Å². The van der Waals surface area contributed by atoms with Gasteiger partial charge in [-0.15, -0.1) is 0 Å². The van der Waals surface area contributed by atoms with Crippen molar-refractivity contribution in [3.05, 3.63) is 66.9 Å². The molecule has 0 bridgehead atoms. The van der Waals surface area contributed by atoms with Gasteiger partial charge in [-0.2, -0.15) is 0 Å². The summed E-state index contributed by atoms with van der Waals surface area (Å²) in [5.74, 6) is 1.95. The van der Waals surface area contributed by atoms with Crippen LogP contribution in [0.25, 0.3) is 22.2 Å². The minimum atomic E-state index is 0.406. The van der Waals surface area contributed by atoms with Crippen LogP contribution in [0.5, 0.6) is 11.5 Å². The van der Waals surface area contributed by atoms with E-state index in [1.807, 2.05) is 54.6 Å². The van der Waals surface area contributed by atoms with Crippen molar-refractivity contribution >= 4 is 16.8 Å². The topological polar surface area (TPSA) is 74.2 Å². The van der Waals surface area contributed by atoms with Crippen molar-refractivity contribution in [1.29, 1.82) is 0 Å². The first-order chi connectivity index (χ1) is 11.3. The molecule has 0 aliphatic rings. The van der Waals surface area contributed by atoms with Crippen LogP contribution in [0.15, 0.2) is 71.4 Å². The average Bonchev–Trinajstić information content (AvgIpc) is 3.02. The van der Waals surface area contributed by atoms with E-state index < -0.39 is 0 Å². The quantitative estimate of drug-likeness (QED) is 0.612. The standard InChI is InChI=1S/C18H13N3O2/c19-18-16-15(10-11-20-18)23-21-17(16)12-6-8-14(9-7-12)22-13-4-2-1-3-5-13/h1-11H,(H2,19,20). The predicted octanol–water partition coefficient (Wildman–Crippen LogP) is 4.26. The lowest BCUT2D eigenvalue weighted by molar-refractivity contribution is 0.459. The summed E-state index contributed by atoms with van der Waals surface area (Å²) in [4.78, 5) is 4.09. The monoisotopic (exact) mass is 303 g/mol. The maximum atomic E-state index is 5.94. The van der Waals surface area contributed by atoms with Crippen LogP contribution in [-0.2, 0) is 0 Å². The Hall–Kier alpha value is -3.34. The van der Waals surface area contributed by atoms with E-state index in [1.165, 1.54) is 0 Å². The molecule has 0 spiro atoms. The molecule has 0 amide bonds. The van der Waals surface area contributed by atoms with Crippen LogP contribution in [0, 0.1) is 0 Å². The van der Waals surface area contributed by atoms with Crippen LogP contribution in [-0.4, -0.2) is 10.1 Å². The molecule has 0 aliphatic carbocycles. The fraction of sp³-hybridized carbons (Fsp3) is 0. The zero-order chi connectivity index (χ0) is 15.6.